The first kappa shape index (κ1) is 33.9. The van der Waals surface area contributed by atoms with E-state index in [1.54, 1.807) is 18.2 Å². The summed E-state index contributed by atoms with van der Waals surface area (Å²) in [5, 5.41) is 14.6. The van der Waals surface area contributed by atoms with Crippen LogP contribution in [0.4, 0.5) is 11.4 Å². The lowest BCUT2D eigenvalue weighted by Crippen LogP contribution is -2.53. The molecule has 1 atom stereocenters. The van der Waals surface area contributed by atoms with Gasteiger partial charge in [-0.2, -0.15) is 0 Å². The zero-order valence-corrected chi connectivity index (χ0v) is 26.7. The van der Waals surface area contributed by atoms with Crippen molar-refractivity contribution in [3.8, 4) is 0 Å². The highest BCUT2D eigenvalue weighted by Gasteiger charge is 2.35. The van der Waals surface area contributed by atoms with Gasteiger partial charge in [0.15, 0.2) is 0 Å². The number of nitro benzene ring substituents is 1. The number of amides is 2. The first-order valence-electron chi connectivity index (χ1n) is 15.1. The molecule has 0 saturated heterocycles. The summed E-state index contributed by atoms with van der Waals surface area (Å²) in [6, 6.07) is 28.5. The molecule has 0 spiro atoms. The Morgan fingerprint density at radius 2 is 1.54 bits per heavy atom. The summed E-state index contributed by atoms with van der Waals surface area (Å²) in [5.74, 6) is -0.993. The van der Waals surface area contributed by atoms with Gasteiger partial charge in [-0.15, -0.1) is 0 Å². The van der Waals surface area contributed by atoms with Gasteiger partial charge in [-0.25, -0.2) is 8.42 Å². The van der Waals surface area contributed by atoms with Gasteiger partial charge < -0.3 is 10.2 Å². The lowest BCUT2D eigenvalue weighted by Gasteiger charge is -2.34. The number of rotatable bonds is 15. The number of nitro groups is 1. The molecule has 10 nitrogen and oxygen atoms in total. The second kappa shape index (κ2) is 15.8. The number of sulfonamides is 1. The van der Waals surface area contributed by atoms with Crippen molar-refractivity contribution in [3.63, 3.8) is 0 Å². The maximum absolute atomic E-state index is 14.5. The Morgan fingerprint density at radius 1 is 0.891 bits per heavy atom. The van der Waals surface area contributed by atoms with Crippen LogP contribution in [0.25, 0.3) is 0 Å². The topological polar surface area (TPSA) is 130 Å². The molecule has 4 aromatic carbocycles. The molecule has 4 rings (SSSR count). The van der Waals surface area contributed by atoms with Crippen LogP contribution in [-0.4, -0.2) is 49.2 Å². The quantitative estimate of drug-likeness (QED) is 0.101. The SMILES string of the molecule is CCCCNC(=O)[C@@H](Cc1ccccc1)N(Cc1ccccc1C)C(=O)CN(c1cccc([N+](=O)[O-])c1)S(=O)(=O)c1ccccc1. The van der Waals surface area contributed by atoms with E-state index in [0.717, 1.165) is 39.9 Å². The van der Waals surface area contributed by atoms with E-state index in [-0.39, 0.29) is 35.1 Å². The Bertz CT molecular complexity index is 1750. The van der Waals surface area contributed by atoms with E-state index in [9.17, 15) is 28.1 Å². The molecule has 0 aromatic heterocycles. The van der Waals surface area contributed by atoms with Gasteiger partial charge in [0.25, 0.3) is 15.7 Å². The van der Waals surface area contributed by atoms with Crippen molar-refractivity contribution in [2.45, 2.75) is 50.6 Å². The van der Waals surface area contributed by atoms with Crippen molar-refractivity contribution in [3.05, 3.63) is 136 Å². The normalized spacial score (nSPS) is 11.8. The van der Waals surface area contributed by atoms with Crippen LogP contribution in [0, 0.1) is 17.0 Å². The molecule has 2 amide bonds. The molecule has 0 aliphatic rings. The summed E-state index contributed by atoms with van der Waals surface area (Å²) < 4.78 is 29.0. The molecular formula is C35H38N4O6S. The number of non-ortho nitro benzene ring substituents is 1. The van der Waals surface area contributed by atoms with Crippen molar-refractivity contribution < 1.29 is 22.9 Å². The van der Waals surface area contributed by atoms with Crippen molar-refractivity contribution in [2.75, 3.05) is 17.4 Å². The van der Waals surface area contributed by atoms with Gasteiger partial charge in [-0.3, -0.25) is 24.0 Å². The van der Waals surface area contributed by atoms with Crippen LogP contribution in [0.3, 0.4) is 0 Å². The van der Waals surface area contributed by atoms with Crippen LogP contribution in [0.5, 0.6) is 0 Å². The lowest BCUT2D eigenvalue weighted by atomic mass is 10.0. The van der Waals surface area contributed by atoms with E-state index in [2.05, 4.69) is 5.32 Å². The predicted octanol–water partition coefficient (Wildman–Crippen LogP) is 5.65. The molecule has 4 aromatic rings. The number of carbonyl (C=O) groups excluding carboxylic acids is 2. The molecule has 46 heavy (non-hydrogen) atoms. The number of aryl methyl sites for hydroxylation is 1. The molecule has 0 heterocycles. The Morgan fingerprint density at radius 3 is 2.20 bits per heavy atom. The van der Waals surface area contributed by atoms with Gasteiger partial charge >= 0.3 is 0 Å². The first-order valence-corrected chi connectivity index (χ1v) is 16.5. The van der Waals surface area contributed by atoms with E-state index >= 15 is 0 Å². The van der Waals surface area contributed by atoms with E-state index in [1.165, 1.54) is 35.2 Å². The van der Waals surface area contributed by atoms with Crippen molar-refractivity contribution >= 4 is 33.2 Å². The van der Waals surface area contributed by atoms with E-state index < -0.39 is 33.4 Å². The highest BCUT2D eigenvalue weighted by atomic mass is 32.2. The van der Waals surface area contributed by atoms with Crippen molar-refractivity contribution in [2.24, 2.45) is 0 Å². The molecule has 0 bridgehead atoms. The minimum Gasteiger partial charge on any atom is -0.354 e. The van der Waals surface area contributed by atoms with Crippen molar-refractivity contribution in [1.29, 1.82) is 0 Å². The van der Waals surface area contributed by atoms with Gasteiger partial charge in [0.2, 0.25) is 11.8 Å². The maximum atomic E-state index is 14.5. The zero-order chi connectivity index (χ0) is 33.1. The van der Waals surface area contributed by atoms with Crippen LogP contribution in [0.15, 0.2) is 114 Å². The summed E-state index contributed by atoms with van der Waals surface area (Å²) >= 11 is 0. The maximum Gasteiger partial charge on any atom is 0.271 e. The highest BCUT2D eigenvalue weighted by molar-refractivity contribution is 7.92. The first-order chi connectivity index (χ1) is 22.1. The number of hydrogen-bond donors (Lipinski definition) is 1. The van der Waals surface area contributed by atoms with Crippen LogP contribution < -0.4 is 9.62 Å². The number of carbonyl (C=O) groups is 2. The number of anilines is 1. The standard InChI is InChI=1S/C35H38N4O6S/c1-3-4-22-36-35(41)33(23-28-15-7-5-8-16-28)37(25-29-17-12-11-14-27(29)2)34(40)26-38(30-18-13-19-31(24-30)39(42)43)46(44,45)32-20-9-6-10-21-32/h5-21,24,33H,3-4,22-23,25-26H2,1-2H3,(H,36,41)/t33-/m1/s1. The van der Waals surface area contributed by atoms with Gasteiger partial charge in [0.05, 0.1) is 15.5 Å². The second-order valence-corrected chi connectivity index (χ2v) is 12.8. The molecule has 11 heteroatoms. The molecule has 0 saturated carbocycles. The third-order valence-corrected chi connectivity index (χ3v) is 9.43. The van der Waals surface area contributed by atoms with E-state index in [4.69, 9.17) is 0 Å². The van der Waals surface area contributed by atoms with Crippen LogP contribution in [-0.2, 0) is 32.6 Å². The minimum absolute atomic E-state index is 0.0400. The Kier molecular flexibility index (Phi) is 11.6. The third kappa shape index (κ3) is 8.57. The number of hydrogen-bond acceptors (Lipinski definition) is 6. The molecule has 0 unspecified atom stereocenters. The largest absolute Gasteiger partial charge is 0.354 e. The Balaban J connectivity index is 1.82. The zero-order valence-electron chi connectivity index (χ0n) is 25.9. The van der Waals surface area contributed by atoms with Crippen LogP contribution in [0.2, 0.25) is 0 Å². The van der Waals surface area contributed by atoms with Gasteiger partial charge in [-0.05, 0) is 48.2 Å². The molecule has 1 N–H and O–H groups in total. The number of nitrogens with one attached hydrogen (secondary N) is 1. The molecular weight excluding hydrogens is 604 g/mol. The summed E-state index contributed by atoms with van der Waals surface area (Å²) in [7, 11) is -4.37. The Labute approximate surface area is 269 Å². The molecule has 0 fully saturated rings. The molecule has 0 aliphatic heterocycles. The Hall–Kier alpha value is -5.03. The lowest BCUT2D eigenvalue weighted by molar-refractivity contribution is -0.384. The van der Waals surface area contributed by atoms with E-state index in [1.807, 2.05) is 68.4 Å². The number of nitrogens with zero attached hydrogens (tertiary/aromatic N) is 3. The number of benzene rings is 4. The van der Waals surface area contributed by atoms with Crippen molar-refractivity contribution in [1.82, 2.24) is 10.2 Å². The van der Waals surface area contributed by atoms with Gasteiger partial charge in [0, 0.05) is 31.6 Å². The fraction of sp³-hybridized carbons (Fsp3) is 0.257. The second-order valence-electron chi connectivity index (χ2n) is 10.9. The molecule has 0 aliphatic carbocycles. The number of unbranched alkanes of at least 4 members (excludes halogenated alkanes) is 1. The fourth-order valence-electron chi connectivity index (χ4n) is 5.04. The highest BCUT2D eigenvalue weighted by Crippen LogP contribution is 2.28. The minimum atomic E-state index is -4.37. The summed E-state index contributed by atoms with van der Waals surface area (Å²) in [6.07, 6.45) is 1.81. The fourth-order valence-corrected chi connectivity index (χ4v) is 6.47. The third-order valence-electron chi connectivity index (χ3n) is 7.64. The summed E-state index contributed by atoms with van der Waals surface area (Å²) in [5.41, 5.74) is 2.15. The summed E-state index contributed by atoms with van der Waals surface area (Å²) in [4.78, 5) is 40.7. The summed E-state index contributed by atoms with van der Waals surface area (Å²) in [6.45, 7) is 3.68. The van der Waals surface area contributed by atoms with Crippen LogP contribution >= 0.6 is 0 Å². The van der Waals surface area contributed by atoms with E-state index in [0.29, 0.717) is 6.54 Å². The smallest absolute Gasteiger partial charge is 0.271 e. The average molecular weight is 643 g/mol. The molecule has 0 radical (unpaired) electrons. The van der Waals surface area contributed by atoms with Gasteiger partial charge in [0.1, 0.15) is 12.6 Å². The monoisotopic (exact) mass is 642 g/mol. The molecule has 240 valence electrons. The van der Waals surface area contributed by atoms with Crippen LogP contribution in [0.1, 0.15) is 36.5 Å². The average Bonchev–Trinajstić information content (AvgIpc) is 3.06. The van der Waals surface area contributed by atoms with Gasteiger partial charge in [-0.1, -0.05) is 92.2 Å². The predicted molar refractivity (Wildman–Crippen MR) is 178 cm³/mol.